The van der Waals surface area contributed by atoms with Gasteiger partial charge in [-0.3, -0.25) is 9.69 Å². The molecule has 0 saturated carbocycles. The molecule has 2 saturated heterocycles. The predicted molar refractivity (Wildman–Crippen MR) is 152 cm³/mol. The highest BCUT2D eigenvalue weighted by Crippen LogP contribution is 2.48. The first-order valence-electron chi connectivity index (χ1n) is 14.1. The molecule has 0 aliphatic carbocycles. The topological polar surface area (TPSA) is 90.3 Å². The number of rotatable bonds is 8. The maximum atomic E-state index is 13.6. The average Bonchev–Trinajstić information content (AvgIpc) is 2.96. The first-order chi connectivity index (χ1) is 20.0. The number of carbonyl (C=O) groups excluding carboxylic acids is 2. The van der Waals surface area contributed by atoms with Gasteiger partial charge in [0.25, 0.3) is 0 Å². The maximum Gasteiger partial charge on any atom is 0.410 e. The number of likely N-dealkylation sites (N-methyl/N-ethyl adjacent to an activating group) is 1. The normalized spacial score (nSPS) is 20.2. The molecule has 3 atom stereocenters. The SMILES string of the molecule is C[N+]1(C)CCN(C(=O)OCc2ccc(C3C(CCC(O)c4ccc(F)cc4)C(=O)N3c3ccc(F)cc3)c(O)c2)CC1.[I-]. The van der Waals surface area contributed by atoms with E-state index in [0.29, 0.717) is 41.9 Å². The van der Waals surface area contributed by atoms with Crippen molar-refractivity contribution in [2.24, 2.45) is 5.92 Å². The van der Waals surface area contributed by atoms with Crippen LogP contribution in [0.5, 0.6) is 5.75 Å². The van der Waals surface area contributed by atoms with Gasteiger partial charge in [-0.15, -0.1) is 0 Å². The Morgan fingerprint density at radius 2 is 1.60 bits per heavy atom. The van der Waals surface area contributed by atoms with Crippen molar-refractivity contribution in [1.82, 2.24) is 4.90 Å². The molecule has 2 N–H and O–H groups in total. The zero-order valence-electron chi connectivity index (χ0n) is 24.1. The number of benzene rings is 3. The van der Waals surface area contributed by atoms with Crippen LogP contribution >= 0.6 is 0 Å². The zero-order chi connectivity index (χ0) is 30.0. The van der Waals surface area contributed by atoms with E-state index in [-0.39, 0.29) is 48.7 Å². The summed E-state index contributed by atoms with van der Waals surface area (Å²) in [5, 5.41) is 21.7. The van der Waals surface area contributed by atoms with E-state index in [2.05, 4.69) is 14.1 Å². The van der Waals surface area contributed by atoms with E-state index < -0.39 is 35.8 Å². The molecule has 3 unspecified atom stereocenters. The summed E-state index contributed by atoms with van der Waals surface area (Å²) in [4.78, 5) is 29.1. The highest BCUT2D eigenvalue weighted by molar-refractivity contribution is 6.03. The molecule has 8 nitrogen and oxygen atoms in total. The number of β-lactam (4-membered cyclic amide) rings is 1. The van der Waals surface area contributed by atoms with Gasteiger partial charge < -0.3 is 48.3 Å². The Morgan fingerprint density at radius 1 is 1.00 bits per heavy atom. The third kappa shape index (κ3) is 7.44. The second-order valence-electron chi connectivity index (χ2n) is 11.7. The summed E-state index contributed by atoms with van der Waals surface area (Å²) in [5.41, 5.74) is 2.12. The second-order valence-corrected chi connectivity index (χ2v) is 11.7. The van der Waals surface area contributed by atoms with Crippen molar-refractivity contribution >= 4 is 17.7 Å². The third-order valence-corrected chi connectivity index (χ3v) is 8.31. The summed E-state index contributed by atoms with van der Waals surface area (Å²) in [5.74, 6) is -1.66. The molecule has 2 amide bonds. The van der Waals surface area contributed by atoms with Crippen LogP contribution in [0.1, 0.15) is 41.7 Å². The van der Waals surface area contributed by atoms with Gasteiger partial charge in [-0.1, -0.05) is 24.3 Å². The number of nitrogens with zero attached hydrogens (tertiary/aromatic N) is 3. The minimum absolute atomic E-state index is 0. The lowest BCUT2D eigenvalue weighted by Crippen LogP contribution is -3.00. The molecule has 230 valence electrons. The van der Waals surface area contributed by atoms with Crippen molar-refractivity contribution in [2.75, 3.05) is 45.2 Å². The van der Waals surface area contributed by atoms with Crippen LogP contribution in [0.25, 0.3) is 0 Å². The quantitative estimate of drug-likeness (QED) is 0.213. The van der Waals surface area contributed by atoms with Gasteiger partial charge in [-0.05, 0) is 66.4 Å². The van der Waals surface area contributed by atoms with Crippen LogP contribution in [0, 0.1) is 17.6 Å². The summed E-state index contributed by atoms with van der Waals surface area (Å²) < 4.78 is 33.3. The first kappa shape index (κ1) is 32.6. The summed E-state index contributed by atoms with van der Waals surface area (Å²) in [6.07, 6.45) is -0.735. The van der Waals surface area contributed by atoms with Crippen LogP contribution in [-0.4, -0.2) is 71.9 Å². The molecule has 0 spiro atoms. The lowest BCUT2D eigenvalue weighted by Gasteiger charge is -2.48. The Balaban J connectivity index is 0.00000423. The number of amides is 2. The summed E-state index contributed by atoms with van der Waals surface area (Å²) >= 11 is 0. The molecule has 0 radical (unpaired) electrons. The number of carbonyl (C=O) groups is 2. The molecule has 3 aromatic rings. The van der Waals surface area contributed by atoms with Crippen molar-refractivity contribution in [1.29, 1.82) is 0 Å². The number of phenols is 1. The van der Waals surface area contributed by atoms with Gasteiger partial charge in [0.2, 0.25) is 5.91 Å². The molecule has 2 aliphatic rings. The van der Waals surface area contributed by atoms with Crippen molar-refractivity contribution < 1.29 is 61.8 Å². The molecule has 2 heterocycles. The van der Waals surface area contributed by atoms with Crippen molar-refractivity contribution in [3.63, 3.8) is 0 Å². The smallest absolute Gasteiger partial charge is 0.410 e. The molecule has 43 heavy (non-hydrogen) atoms. The van der Waals surface area contributed by atoms with Crippen LogP contribution in [0.2, 0.25) is 0 Å². The van der Waals surface area contributed by atoms with Gasteiger partial charge in [0.15, 0.2) is 0 Å². The Bertz CT molecular complexity index is 1430. The standard InChI is InChI=1S/C32H35F2N3O5.HI/c1-37(2)17-15-35(16-18-37)32(41)42-20-21-3-12-26(29(39)19-21)30-27(13-14-28(38)22-4-6-23(33)7-5-22)31(40)36(30)25-10-8-24(34)9-11-25;/h3-12,19,27-28,30,38H,13-18,20H2,1-2H3;1H. The number of aliphatic hydroxyl groups excluding tert-OH is 1. The van der Waals surface area contributed by atoms with Gasteiger partial charge in [0.1, 0.15) is 24.0 Å². The van der Waals surface area contributed by atoms with E-state index in [0.717, 1.165) is 17.6 Å². The summed E-state index contributed by atoms with van der Waals surface area (Å²) in [6.45, 7) is 2.90. The predicted octanol–water partition coefficient (Wildman–Crippen LogP) is 1.92. The molecule has 11 heteroatoms. The van der Waals surface area contributed by atoms with Crippen molar-refractivity contribution in [3.8, 4) is 5.75 Å². The van der Waals surface area contributed by atoms with Gasteiger partial charge in [-0.2, -0.15) is 0 Å². The number of halogens is 3. The van der Waals surface area contributed by atoms with E-state index in [9.17, 15) is 28.6 Å². The average molecular weight is 708 g/mol. The highest BCUT2D eigenvalue weighted by atomic mass is 127. The number of aliphatic hydroxyl groups is 1. The molecule has 2 fully saturated rings. The third-order valence-electron chi connectivity index (χ3n) is 8.31. The molecule has 0 aromatic heterocycles. The van der Waals surface area contributed by atoms with Crippen LogP contribution in [0.3, 0.4) is 0 Å². The van der Waals surface area contributed by atoms with Crippen LogP contribution < -0.4 is 28.9 Å². The Labute approximate surface area is 267 Å². The van der Waals surface area contributed by atoms with Crippen molar-refractivity contribution in [2.45, 2.75) is 31.6 Å². The van der Waals surface area contributed by atoms with Gasteiger partial charge in [-0.25, -0.2) is 13.6 Å². The fourth-order valence-electron chi connectivity index (χ4n) is 5.62. The maximum absolute atomic E-state index is 13.6. The Morgan fingerprint density at radius 3 is 2.21 bits per heavy atom. The number of phenolic OH excluding ortho intramolecular Hbond substituents is 1. The number of piperazine rings is 1. The number of hydrogen-bond acceptors (Lipinski definition) is 5. The van der Waals surface area contributed by atoms with Crippen LogP contribution in [0.4, 0.5) is 19.3 Å². The van der Waals surface area contributed by atoms with E-state index in [1.807, 2.05) is 0 Å². The lowest BCUT2D eigenvalue weighted by molar-refractivity contribution is -0.894. The molecule has 0 bridgehead atoms. The Kier molecular flexibility index (Phi) is 10.3. The van der Waals surface area contributed by atoms with E-state index in [4.69, 9.17) is 4.74 Å². The van der Waals surface area contributed by atoms with E-state index in [1.54, 1.807) is 17.0 Å². The minimum atomic E-state index is -0.894. The van der Waals surface area contributed by atoms with E-state index >= 15 is 0 Å². The molecule has 5 rings (SSSR count). The van der Waals surface area contributed by atoms with Gasteiger partial charge in [0.05, 0.1) is 58.3 Å². The number of aromatic hydroxyl groups is 1. The fraction of sp³-hybridized carbons (Fsp3) is 0.375. The zero-order valence-corrected chi connectivity index (χ0v) is 26.3. The van der Waals surface area contributed by atoms with Gasteiger partial charge in [0, 0.05) is 11.3 Å². The number of ether oxygens (including phenoxy) is 1. The van der Waals surface area contributed by atoms with Crippen molar-refractivity contribution in [3.05, 3.63) is 95.1 Å². The molecular formula is C32H36F2IN3O5. The molecule has 3 aromatic carbocycles. The second kappa shape index (κ2) is 13.6. The minimum Gasteiger partial charge on any atom is -1.00 e. The molecule has 2 aliphatic heterocycles. The first-order valence-corrected chi connectivity index (χ1v) is 14.1. The Hall–Kier alpha value is -3.29. The molecular weight excluding hydrogens is 671 g/mol. The lowest BCUT2D eigenvalue weighted by atomic mass is 9.77. The van der Waals surface area contributed by atoms with Crippen LogP contribution in [0.15, 0.2) is 66.7 Å². The van der Waals surface area contributed by atoms with Crippen LogP contribution in [-0.2, 0) is 16.1 Å². The van der Waals surface area contributed by atoms with Gasteiger partial charge >= 0.3 is 6.09 Å². The largest absolute Gasteiger partial charge is 1.00 e. The number of quaternary nitrogens is 1. The fourth-order valence-corrected chi connectivity index (χ4v) is 5.62. The number of anilines is 1. The summed E-state index contributed by atoms with van der Waals surface area (Å²) in [6, 6.07) is 15.5. The monoisotopic (exact) mass is 707 g/mol. The van der Waals surface area contributed by atoms with E-state index in [1.165, 1.54) is 59.5 Å². The summed E-state index contributed by atoms with van der Waals surface area (Å²) in [7, 11) is 4.25. The number of hydrogen-bond donors (Lipinski definition) is 2. The highest BCUT2D eigenvalue weighted by Gasteiger charge is 2.49.